The number of carbonyl (C=O) groups excluding carboxylic acids is 1. The predicted octanol–water partition coefficient (Wildman–Crippen LogP) is 1.75. The highest BCUT2D eigenvalue weighted by molar-refractivity contribution is 7.99. The summed E-state index contributed by atoms with van der Waals surface area (Å²) in [5.74, 6) is 1.42. The lowest BCUT2D eigenvalue weighted by atomic mass is 10.2. The summed E-state index contributed by atoms with van der Waals surface area (Å²) in [6, 6.07) is 8.00. The number of nitrogens with zero attached hydrogens (tertiary/aromatic N) is 5. The lowest BCUT2D eigenvalue weighted by Crippen LogP contribution is -2.49. The molecule has 2 heterocycles. The zero-order chi connectivity index (χ0) is 17.6. The number of rotatable bonds is 6. The number of piperazine rings is 1. The first-order valence-corrected chi connectivity index (χ1v) is 9.37. The second-order valence-electron chi connectivity index (χ2n) is 5.73. The van der Waals surface area contributed by atoms with Crippen LogP contribution in [-0.2, 0) is 11.3 Å². The number of amides is 1. The van der Waals surface area contributed by atoms with Crippen LogP contribution in [0.4, 0.5) is 5.69 Å². The number of thioether (sulfide) groups is 1. The van der Waals surface area contributed by atoms with E-state index in [4.69, 9.17) is 4.74 Å². The number of anilines is 1. The van der Waals surface area contributed by atoms with Gasteiger partial charge in [0.25, 0.3) is 0 Å². The molecule has 1 aliphatic rings. The third kappa shape index (κ3) is 4.07. The zero-order valence-corrected chi connectivity index (χ0v) is 15.4. The average Bonchev–Trinajstić information content (AvgIpc) is 3.13. The predicted molar refractivity (Wildman–Crippen MR) is 98.2 cm³/mol. The van der Waals surface area contributed by atoms with Crippen LogP contribution in [0.5, 0.6) is 5.75 Å². The first kappa shape index (κ1) is 17.6. The van der Waals surface area contributed by atoms with Gasteiger partial charge in [-0.1, -0.05) is 23.9 Å². The van der Waals surface area contributed by atoms with Crippen LogP contribution in [0, 0.1) is 0 Å². The van der Waals surface area contributed by atoms with Gasteiger partial charge >= 0.3 is 0 Å². The van der Waals surface area contributed by atoms with Crippen molar-refractivity contribution in [3.8, 4) is 5.75 Å². The number of carbonyl (C=O) groups is 1. The van der Waals surface area contributed by atoms with Crippen LogP contribution in [-0.4, -0.2) is 64.6 Å². The number of hydrogen-bond acceptors (Lipinski definition) is 6. The maximum absolute atomic E-state index is 12.5. The van der Waals surface area contributed by atoms with E-state index in [1.165, 1.54) is 11.8 Å². The van der Waals surface area contributed by atoms with Crippen molar-refractivity contribution in [2.45, 2.75) is 18.6 Å². The summed E-state index contributed by atoms with van der Waals surface area (Å²) in [5.41, 5.74) is 1.09. The molecule has 0 unspecified atom stereocenters. The molecule has 1 saturated heterocycles. The fourth-order valence-corrected chi connectivity index (χ4v) is 3.76. The SMILES string of the molecule is CCn1cnnc1SCC(=O)N1CCN(c2ccccc2OC)CC1. The third-order valence-electron chi connectivity index (χ3n) is 4.30. The minimum absolute atomic E-state index is 0.148. The van der Waals surface area contributed by atoms with E-state index in [0.717, 1.165) is 49.3 Å². The number of para-hydroxylation sites is 2. The Bertz CT molecular complexity index is 713. The van der Waals surface area contributed by atoms with Gasteiger partial charge in [0, 0.05) is 32.7 Å². The molecule has 0 atom stereocenters. The zero-order valence-electron chi connectivity index (χ0n) is 14.6. The molecule has 1 amide bonds. The Morgan fingerprint density at radius 3 is 2.72 bits per heavy atom. The van der Waals surface area contributed by atoms with Crippen LogP contribution in [0.2, 0.25) is 0 Å². The Morgan fingerprint density at radius 1 is 1.24 bits per heavy atom. The van der Waals surface area contributed by atoms with Crippen LogP contribution >= 0.6 is 11.8 Å². The van der Waals surface area contributed by atoms with Gasteiger partial charge in [-0.3, -0.25) is 4.79 Å². The summed E-state index contributed by atoms with van der Waals surface area (Å²) >= 11 is 1.45. The van der Waals surface area contributed by atoms with E-state index in [9.17, 15) is 4.79 Å². The Kier molecular flexibility index (Phi) is 5.80. The lowest BCUT2D eigenvalue weighted by molar-refractivity contribution is -0.128. The largest absolute Gasteiger partial charge is 0.495 e. The van der Waals surface area contributed by atoms with Crippen LogP contribution in [0.25, 0.3) is 0 Å². The number of aromatic nitrogens is 3. The molecule has 0 N–H and O–H groups in total. The molecule has 0 aliphatic carbocycles. The summed E-state index contributed by atoms with van der Waals surface area (Å²) in [7, 11) is 1.69. The molecular formula is C17H23N5O2S. The molecule has 3 rings (SSSR count). The molecule has 0 bridgehead atoms. The molecule has 7 nitrogen and oxygen atoms in total. The Labute approximate surface area is 152 Å². The van der Waals surface area contributed by atoms with Crippen molar-refractivity contribution in [3.05, 3.63) is 30.6 Å². The van der Waals surface area contributed by atoms with Crippen molar-refractivity contribution in [2.75, 3.05) is 43.9 Å². The molecule has 1 aliphatic heterocycles. The smallest absolute Gasteiger partial charge is 0.233 e. The first-order chi connectivity index (χ1) is 12.2. The van der Waals surface area contributed by atoms with Gasteiger partial charge in [0.15, 0.2) is 5.16 Å². The summed E-state index contributed by atoms with van der Waals surface area (Å²) in [5, 5.41) is 8.74. The second-order valence-corrected chi connectivity index (χ2v) is 6.67. The van der Waals surface area contributed by atoms with E-state index in [1.807, 2.05) is 34.6 Å². The minimum Gasteiger partial charge on any atom is -0.495 e. The van der Waals surface area contributed by atoms with E-state index >= 15 is 0 Å². The molecule has 1 aromatic carbocycles. The molecule has 25 heavy (non-hydrogen) atoms. The molecule has 8 heteroatoms. The Morgan fingerprint density at radius 2 is 2.00 bits per heavy atom. The van der Waals surface area contributed by atoms with Gasteiger partial charge < -0.3 is 19.1 Å². The van der Waals surface area contributed by atoms with Crippen LogP contribution in [0.1, 0.15) is 6.92 Å². The normalized spacial score (nSPS) is 14.6. The molecule has 1 fully saturated rings. The number of methoxy groups -OCH3 is 1. The van der Waals surface area contributed by atoms with Gasteiger partial charge in [0.05, 0.1) is 18.6 Å². The molecule has 0 radical (unpaired) electrons. The highest BCUT2D eigenvalue weighted by atomic mass is 32.2. The topological polar surface area (TPSA) is 63.5 Å². The number of aryl methyl sites for hydroxylation is 1. The summed E-state index contributed by atoms with van der Waals surface area (Å²) in [6.07, 6.45) is 1.69. The Hall–Kier alpha value is -2.22. The molecular weight excluding hydrogens is 338 g/mol. The van der Waals surface area contributed by atoms with Gasteiger partial charge in [-0.05, 0) is 19.1 Å². The first-order valence-electron chi connectivity index (χ1n) is 8.39. The Balaban J connectivity index is 1.52. The molecule has 0 spiro atoms. The van der Waals surface area contributed by atoms with Crippen molar-refractivity contribution >= 4 is 23.4 Å². The highest BCUT2D eigenvalue weighted by Gasteiger charge is 2.23. The standard InChI is InChI=1S/C17H23N5O2S/c1-3-20-13-18-19-17(20)25-12-16(23)22-10-8-21(9-11-22)14-6-4-5-7-15(14)24-2/h4-7,13H,3,8-12H2,1-2H3. The number of benzene rings is 1. The third-order valence-corrected chi connectivity index (χ3v) is 5.27. The maximum Gasteiger partial charge on any atom is 0.233 e. The lowest BCUT2D eigenvalue weighted by Gasteiger charge is -2.36. The fraction of sp³-hybridized carbons (Fsp3) is 0.471. The van der Waals surface area contributed by atoms with E-state index in [2.05, 4.69) is 21.2 Å². The van der Waals surface area contributed by atoms with Crippen LogP contribution in [0.3, 0.4) is 0 Å². The molecule has 0 saturated carbocycles. The number of ether oxygens (including phenoxy) is 1. The summed E-state index contributed by atoms with van der Waals surface area (Å²) in [4.78, 5) is 16.7. The van der Waals surface area contributed by atoms with Gasteiger partial charge in [-0.2, -0.15) is 0 Å². The highest BCUT2D eigenvalue weighted by Crippen LogP contribution is 2.28. The summed E-state index contributed by atoms with van der Waals surface area (Å²) in [6.45, 7) is 5.90. The van der Waals surface area contributed by atoms with Gasteiger partial charge in [0.1, 0.15) is 12.1 Å². The van der Waals surface area contributed by atoms with E-state index < -0.39 is 0 Å². The minimum atomic E-state index is 0.148. The van der Waals surface area contributed by atoms with Crippen molar-refractivity contribution in [1.29, 1.82) is 0 Å². The summed E-state index contributed by atoms with van der Waals surface area (Å²) < 4.78 is 7.38. The average molecular weight is 361 g/mol. The van der Waals surface area contributed by atoms with Gasteiger partial charge in [-0.15, -0.1) is 10.2 Å². The monoisotopic (exact) mass is 361 g/mol. The van der Waals surface area contributed by atoms with Crippen molar-refractivity contribution in [3.63, 3.8) is 0 Å². The molecule has 1 aromatic heterocycles. The van der Waals surface area contributed by atoms with E-state index in [0.29, 0.717) is 5.75 Å². The van der Waals surface area contributed by atoms with Crippen molar-refractivity contribution < 1.29 is 9.53 Å². The number of hydrogen-bond donors (Lipinski definition) is 0. The fourth-order valence-electron chi connectivity index (χ4n) is 2.88. The van der Waals surface area contributed by atoms with Gasteiger partial charge in [0.2, 0.25) is 5.91 Å². The molecule has 134 valence electrons. The molecule has 2 aromatic rings. The van der Waals surface area contributed by atoms with Crippen LogP contribution in [0.15, 0.2) is 35.7 Å². The van der Waals surface area contributed by atoms with Crippen molar-refractivity contribution in [2.24, 2.45) is 0 Å². The van der Waals surface area contributed by atoms with Crippen LogP contribution < -0.4 is 9.64 Å². The second kappa shape index (κ2) is 8.24. The van der Waals surface area contributed by atoms with E-state index in [-0.39, 0.29) is 5.91 Å². The van der Waals surface area contributed by atoms with Gasteiger partial charge in [-0.25, -0.2) is 0 Å². The van der Waals surface area contributed by atoms with E-state index in [1.54, 1.807) is 13.4 Å². The maximum atomic E-state index is 12.5. The van der Waals surface area contributed by atoms with Crippen molar-refractivity contribution in [1.82, 2.24) is 19.7 Å². The quantitative estimate of drug-likeness (QED) is 0.731.